The van der Waals surface area contributed by atoms with Crippen molar-refractivity contribution < 1.29 is 9.21 Å². The SMILES string of the molecule is O=C(Cc1coc2cc3c(cc12)CCC3)Nc1nnc(SCc2c(Cl)cccc2Cl)s1. The van der Waals surface area contributed by atoms with Crippen LogP contribution in [0.2, 0.25) is 10.0 Å². The Balaban J connectivity index is 1.23. The molecule has 0 fully saturated rings. The lowest BCUT2D eigenvalue weighted by molar-refractivity contribution is -0.115. The van der Waals surface area contributed by atoms with Crippen LogP contribution in [0, 0.1) is 0 Å². The van der Waals surface area contributed by atoms with Crippen LogP contribution in [0.4, 0.5) is 5.13 Å². The lowest BCUT2D eigenvalue weighted by Gasteiger charge is -2.04. The van der Waals surface area contributed by atoms with Gasteiger partial charge < -0.3 is 9.73 Å². The number of benzene rings is 2. The number of carbonyl (C=O) groups is 1. The van der Waals surface area contributed by atoms with Crippen LogP contribution >= 0.6 is 46.3 Å². The van der Waals surface area contributed by atoms with Crippen LogP contribution in [0.25, 0.3) is 11.0 Å². The highest BCUT2D eigenvalue weighted by Crippen LogP contribution is 2.34. The van der Waals surface area contributed by atoms with Crippen LogP contribution in [-0.4, -0.2) is 16.1 Å². The Labute approximate surface area is 197 Å². The summed E-state index contributed by atoms with van der Waals surface area (Å²) in [4.78, 5) is 12.6. The van der Waals surface area contributed by atoms with Crippen LogP contribution in [0.15, 0.2) is 45.4 Å². The summed E-state index contributed by atoms with van der Waals surface area (Å²) in [6.07, 6.45) is 5.27. The molecule has 1 aliphatic rings. The van der Waals surface area contributed by atoms with Crippen molar-refractivity contribution in [2.45, 2.75) is 35.8 Å². The molecule has 31 heavy (non-hydrogen) atoms. The molecule has 1 aliphatic carbocycles. The molecule has 1 amide bonds. The molecule has 0 atom stereocenters. The Morgan fingerprint density at radius 2 is 1.94 bits per heavy atom. The number of carbonyl (C=O) groups excluding carboxylic acids is 1. The zero-order valence-corrected chi connectivity index (χ0v) is 19.4. The molecule has 0 bridgehead atoms. The van der Waals surface area contributed by atoms with Gasteiger partial charge in [-0.1, -0.05) is 52.4 Å². The Morgan fingerprint density at radius 1 is 1.16 bits per heavy atom. The number of halogens is 2. The summed E-state index contributed by atoms with van der Waals surface area (Å²) < 4.78 is 6.42. The first kappa shape index (κ1) is 20.8. The lowest BCUT2D eigenvalue weighted by atomic mass is 10.0. The molecule has 5 rings (SSSR count). The van der Waals surface area contributed by atoms with Gasteiger partial charge in [0.25, 0.3) is 0 Å². The Hall–Kier alpha value is -2.06. The number of hydrogen-bond donors (Lipinski definition) is 1. The van der Waals surface area contributed by atoms with Crippen LogP contribution in [0.1, 0.15) is 28.7 Å². The minimum atomic E-state index is -0.148. The van der Waals surface area contributed by atoms with Crippen molar-refractivity contribution in [2.75, 3.05) is 5.32 Å². The molecule has 0 saturated carbocycles. The zero-order valence-electron chi connectivity index (χ0n) is 16.3. The van der Waals surface area contributed by atoms with Gasteiger partial charge in [-0.15, -0.1) is 10.2 Å². The van der Waals surface area contributed by atoms with Gasteiger partial charge in [0.1, 0.15) is 5.58 Å². The average Bonchev–Trinajstić information content (AvgIpc) is 3.47. The highest BCUT2D eigenvalue weighted by atomic mass is 35.5. The van der Waals surface area contributed by atoms with Crippen molar-refractivity contribution in [2.24, 2.45) is 0 Å². The van der Waals surface area contributed by atoms with E-state index in [1.54, 1.807) is 6.26 Å². The van der Waals surface area contributed by atoms with Crippen LogP contribution in [0.3, 0.4) is 0 Å². The summed E-state index contributed by atoms with van der Waals surface area (Å²) in [6, 6.07) is 9.71. The van der Waals surface area contributed by atoms with E-state index in [-0.39, 0.29) is 12.3 Å². The van der Waals surface area contributed by atoms with Gasteiger partial charge in [0.05, 0.1) is 12.7 Å². The second-order valence-corrected chi connectivity index (χ2v) is 10.3. The number of fused-ring (bicyclic) bond motifs is 2. The number of furan rings is 1. The summed E-state index contributed by atoms with van der Waals surface area (Å²) >= 11 is 15.2. The van der Waals surface area contributed by atoms with Gasteiger partial charge in [0, 0.05) is 26.7 Å². The first-order valence-electron chi connectivity index (χ1n) is 9.78. The molecule has 2 heterocycles. The maximum Gasteiger partial charge on any atom is 0.230 e. The summed E-state index contributed by atoms with van der Waals surface area (Å²) in [7, 11) is 0. The molecule has 0 aliphatic heterocycles. The fraction of sp³-hybridized carbons (Fsp3) is 0.227. The number of anilines is 1. The van der Waals surface area contributed by atoms with Crippen molar-refractivity contribution in [3.05, 3.63) is 68.9 Å². The normalized spacial score (nSPS) is 13.0. The number of rotatable bonds is 6. The van der Waals surface area contributed by atoms with E-state index in [1.807, 2.05) is 18.2 Å². The van der Waals surface area contributed by atoms with Gasteiger partial charge in [-0.25, -0.2) is 0 Å². The van der Waals surface area contributed by atoms with Crippen molar-refractivity contribution in [3.63, 3.8) is 0 Å². The number of aryl methyl sites for hydroxylation is 2. The molecule has 0 saturated heterocycles. The number of amides is 1. The molecule has 0 radical (unpaired) electrons. The van der Waals surface area contributed by atoms with E-state index in [9.17, 15) is 4.79 Å². The highest BCUT2D eigenvalue weighted by molar-refractivity contribution is 8.00. The summed E-state index contributed by atoms with van der Waals surface area (Å²) in [6.45, 7) is 0. The monoisotopic (exact) mass is 489 g/mol. The second-order valence-electron chi connectivity index (χ2n) is 7.32. The van der Waals surface area contributed by atoms with Gasteiger partial charge >= 0.3 is 0 Å². The van der Waals surface area contributed by atoms with Gasteiger partial charge in [-0.05, 0) is 60.2 Å². The quantitative estimate of drug-likeness (QED) is 0.245. The number of thioether (sulfide) groups is 1. The van der Waals surface area contributed by atoms with Gasteiger partial charge in [0.2, 0.25) is 11.0 Å². The molecule has 1 N–H and O–H groups in total. The van der Waals surface area contributed by atoms with Crippen molar-refractivity contribution in [1.82, 2.24) is 10.2 Å². The number of aromatic nitrogens is 2. The molecule has 5 nitrogen and oxygen atoms in total. The van der Waals surface area contributed by atoms with Crippen molar-refractivity contribution >= 4 is 68.3 Å². The number of hydrogen-bond acceptors (Lipinski definition) is 6. The van der Waals surface area contributed by atoms with E-state index in [0.29, 0.717) is 20.9 Å². The zero-order chi connectivity index (χ0) is 21.4. The summed E-state index contributed by atoms with van der Waals surface area (Å²) in [5.41, 5.74) is 5.30. The molecule has 0 unspecified atom stereocenters. The molecule has 2 aromatic carbocycles. The summed E-state index contributed by atoms with van der Waals surface area (Å²) in [5.74, 6) is 0.428. The van der Waals surface area contributed by atoms with E-state index < -0.39 is 0 Å². The highest BCUT2D eigenvalue weighted by Gasteiger charge is 2.17. The minimum absolute atomic E-state index is 0.148. The van der Waals surface area contributed by atoms with Crippen LogP contribution in [0.5, 0.6) is 0 Å². The number of nitrogens with one attached hydrogen (secondary N) is 1. The van der Waals surface area contributed by atoms with Crippen molar-refractivity contribution in [3.8, 4) is 0 Å². The molecular weight excluding hydrogens is 473 g/mol. The van der Waals surface area contributed by atoms with Gasteiger partial charge in [-0.3, -0.25) is 4.79 Å². The van der Waals surface area contributed by atoms with Gasteiger partial charge in [-0.2, -0.15) is 0 Å². The largest absolute Gasteiger partial charge is 0.464 e. The maximum atomic E-state index is 12.6. The van der Waals surface area contributed by atoms with E-state index >= 15 is 0 Å². The van der Waals surface area contributed by atoms with E-state index in [1.165, 1.54) is 40.6 Å². The molecular formula is C22H17Cl2N3O2S2. The average molecular weight is 490 g/mol. The third kappa shape index (κ3) is 4.46. The Kier molecular flexibility index (Phi) is 5.93. The Bertz CT molecular complexity index is 1260. The lowest BCUT2D eigenvalue weighted by Crippen LogP contribution is -2.14. The summed E-state index contributed by atoms with van der Waals surface area (Å²) in [5, 5.41) is 13.8. The Morgan fingerprint density at radius 3 is 2.74 bits per heavy atom. The first-order valence-corrected chi connectivity index (χ1v) is 12.3. The van der Waals surface area contributed by atoms with Gasteiger partial charge in [0.15, 0.2) is 4.34 Å². The van der Waals surface area contributed by atoms with E-state index in [2.05, 4.69) is 27.6 Å². The van der Waals surface area contributed by atoms with E-state index in [0.717, 1.165) is 39.3 Å². The molecule has 0 spiro atoms. The molecule has 4 aromatic rings. The fourth-order valence-electron chi connectivity index (χ4n) is 3.74. The predicted molar refractivity (Wildman–Crippen MR) is 127 cm³/mol. The van der Waals surface area contributed by atoms with Crippen LogP contribution < -0.4 is 5.32 Å². The smallest absolute Gasteiger partial charge is 0.230 e. The fourth-order valence-corrected chi connectivity index (χ4v) is 6.25. The predicted octanol–water partition coefficient (Wildman–Crippen LogP) is 6.55. The standard InChI is InChI=1S/C22H17Cl2N3O2S2/c23-17-5-2-6-18(24)16(17)11-30-22-27-26-21(31-22)25-20(28)9-14-10-29-19-8-13-4-1-3-12(13)7-15(14)19/h2,5-8,10H,1,3-4,9,11H2,(H,25,26,28). The minimum Gasteiger partial charge on any atom is -0.464 e. The first-order chi connectivity index (χ1) is 15.1. The van der Waals surface area contributed by atoms with Crippen LogP contribution in [-0.2, 0) is 29.8 Å². The number of nitrogens with zero attached hydrogens (tertiary/aromatic N) is 2. The maximum absolute atomic E-state index is 12.6. The molecule has 2 aromatic heterocycles. The van der Waals surface area contributed by atoms with E-state index in [4.69, 9.17) is 27.6 Å². The third-order valence-electron chi connectivity index (χ3n) is 5.27. The third-order valence-corrected chi connectivity index (χ3v) is 7.98. The molecule has 158 valence electrons. The van der Waals surface area contributed by atoms with Crippen molar-refractivity contribution in [1.29, 1.82) is 0 Å². The second kappa shape index (κ2) is 8.82. The topological polar surface area (TPSA) is 68.0 Å². The molecule has 9 heteroatoms.